The van der Waals surface area contributed by atoms with Gasteiger partial charge in [0.25, 0.3) is 5.91 Å². The highest BCUT2D eigenvalue weighted by atomic mass is 32.2. The fourth-order valence-corrected chi connectivity index (χ4v) is 6.22. The van der Waals surface area contributed by atoms with Gasteiger partial charge in [-0.3, -0.25) is 4.79 Å². The predicted octanol–water partition coefficient (Wildman–Crippen LogP) is 3.68. The first-order chi connectivity index (χ1) is 14.3. The van der Waals surface area contributed by atoms with Crippen molar-refractivity contribution >= 4 is 37.5 Å². The molecule has 0 spiro atoms. The molecule has 9 heteroatoms. The number of hydrogen-bond donors (Lipinski definition) is 0. The van der Waals surface area contributed by atoms with Gasteiger partial charge in [0.15, 0.2) is 4.80 Å². The molecule has 1 aliphatic rings. The van der Waals surface area contributed by atoms with Crippen molar-refractivity contribution in [3.8, 4) is 0 Å². The number of benzene rings is 2. The molecule has 1 heterocycles. The van der Waals surface area contributed by atoms with E-state index in [1.165, 1.54) is 52.0 Å². The van der Waals surface area contributed by atoms with Crippen molar-refractivity contribution in [1.29, 1.82) is 0 Å². The number of fused-ring (bicyclic) bond motifs is 1. The van der Waals surface area contributed by atoms with Crippen LogP contribution in [0.5, 0.6) is 0 Å². The summed E-state index contributed by atoms with van der Waals surface area (Å²) >= 11 is 1.22. The van der Waals surface area contributed by atoms with Gasteiger partial charge >= 0.3 is 0 Å². The first-order valence-electron chi connectivity index (χ1n) is 9.69. The molecule has 0 radical (unpaired) electrons. The third-order valence-electron chi connectivity index (χ3n) is 5.59. The highest BCUT2D eigenvalue weighted by Gasteiger charge is 2.30. The van der Waals surface area contributed by atoms with E-state index in [2.05, 4.69) is 4.99 Å². The van der Waals surface area contributed by atoms with Crippen LogP contribution in [0.15, 0.2) is 52.4 Å². The number of aromatic nitrogens is 1. The molecule has 4 rings (SSSR count). The first kappa shape index (κ1) is 20.9. The molecule has 1 aromatic heterocycles. The fraction of sp³-hybridized carbons (Fsp3) is 0.333. The second-order valence-electron chi connectivity index (χ2n) is 7.46. The summed E-state index contributed by atoms with van der Waals surface area (Å²) in [6.07, 6.45) is 3.84. The van der Waals surface area contributed by atoms with Gasteiger partial charge in [0, 0.05) is 25.7 Å². The van der Waals surface area contributed by atoms with E-state index < -0.39 is 15.9 Å². The van der Waals surface area contributed by atoms with Crippen molar-refractivity contribution in [2.75, 3.05) is 7.05 Å². The van der Waals surface area contributed by atoms with Gasteiger partial charge in [-0.1, -0.05) is 24.2 Å². The number of rotatable bonds is 4. The lowest BCUT2D eigenvalue weighted by atomic mass is 10.2. The Morgan fingerprint density at radius 1 is 1.17 bits per heavy atom. The normalized spacial score (nSPS) is 16.1. The standard InChI is InChI=1S/C21H22FN3O3S2/c1-24-18-12-9-15(22)13-19(18)29-21(24)23-20(26)14-7-10-17(11-8-14)30(27,28)25(2)16-5-3-4-6-16/h7-13,16H,3-6H2,1-2H3. The number of amides is 1. The number of thiazole rings is 1. The largest absolute Gasteiger partial charge is 0.319 e. The number of carbonyl (C=O) groups excluding carboxylic acids is 1. The van der Waals surface area contributed by atoms with Gasteiger partial charge in [-0.2, -0.15) is 9.30 Å². The quantitative estimate of drug-likeness (QED) is 0.613. The van der Waals surface area contributed by atoms with Crippen molar-refractivity contribution < 1.29 is 17.6 Å². The highest BCUT2D eigenvalue weighted by Crippen LogP contribution is 2.27. The van der Waals surface area contributed by atoms with Crippen molar-refractivity contribution in [2.24, 2.45) is 12.0 Å². The minimum absolute atomic E-state index is 0.0316. The number of aryl methyl sites for hydroxylation is 1. The van der Waals surface area contributed by atoms with Crippen LogP contribution < -0.4 is 4.80 Å². The van der Waals surface area contributed by atoms with Crippen LogP contribution in [-0.4, -0.2) is 36.3 Å². The Balaban J connectivity index is 1.60. The predicted molar refractivity (Wildman–Crippen MR) is 114 cm³/mol. The molecule has 1 aliphatic carbocycles. The smallest absolute Gasteiger partial charge is 0.279 e. The maximum Gasteiger partial charge on any atom is 0.279 e. The molecule has 0 unspecified atom stereocenters. The Bertz CT molecular complexity index is 1270. The molecule has 0 atom stereocenters. The summed E-state index contributed by atoms with van der Waals surface area (Å²) < 4.78 is 43.0. The van der Waals surface area contributed by atoms with E-state index in [-0.39, 0.29) is 16.8 Å². The van der Waals surface area contributed by atoms with E-state index in [1.54, 1.807) is 24.7 Å². The topological polar surface area (TPSA) is 71.7 Å². The first-order valence-corrected chi connectivity index (χ1v) is 12.0. The average Bonchev–Trinajstić information content (AvgIpc) is 3.36. The lowest BCUT2D eigenvalue weighted by Gasteiger charge is -2.23. The highest BCUT2D eigenvalue weighted by molar-refractivity contribution is 7.89. The molecular formula is C21H22FN3O3S2. The van der Waals surface area contributed by atoms with E-state index in [0.717, 1.165) is 31.2 Å². The Morgan fingerprint density at radius 3 is 2.50 bits per heavy atom. The van der Waals surface area contributed by atoms with Gasteiger partial charge in [0.05, 0.1) is 15.1 Å². The third-order valence-corrected chi connectivity index (χ3v) is 8.60. The summed E-state index contributed by atoms with van der Waals surface area (Å²) in [5, 5.41) is 0. The second-order valence-corrected chi connectivity index (χ2v) is 10.5. The number of carbonyl (C=O) groups is 1. The minimum Gasteiger partial charge on any atom is -0.319 e. The molecule has 1 saturated carbocycles. The summed E-state index contributed by atoms with van der Waals surface area (Å²) in [5.41, 5.74) is 1.07. The average molecular weight is 448 g/mol. The zero-order chi connectivity index (χ0) is 21.5. The summed E-state index contributed by atoms with van der Waals surface area (Å²) in [5.74, 6) is -0.827. The van der Waals surface area contributed by atoms with Crippen molar-refractivity contribution in [2.45, 2.75) is 36.6 Å². The number of nitrogens with zero attached hydrogens (tertiary/aromatic N) is 3. The molecule has 6 nitrogen and oxygen atoms in total. The Morgan fingerprint density at radius 2 is 1.83 bits per heavy atom. The van der Waals surface area contributed by atoms with Crippen molar-refractivity contribution in [1.82, 2.24) is 8.87 Å². The molecule has 2 aromatic carbocycles. The monoisotopic (exact) mass is 447 g/mol. The van der Waals surface area contributed by atoms with Gasteiger partial charge in [-0.05, 0) is 55.3 Å². The second kappa shape index (κ2) is 8.05. The van der Waals surface area contributed by atoms with Crippen LogP contribution in [0.4, 0.5) is 4.39 Å². The fourth-order valence-electron chi connectivity index (χ4n) is 3.77. The molecule has 0 aliphatic heterocycles. The third kappa shape index (κ3) is 3.84. The lowest BCUT2D eigenvalue weighted by Crippen LogP contribution is -2.35. The van der Waals surface area contributed by atoms with Gasteiger partial charge in [-0.15, -0.1) is 0 Å². The van der Waals surface area contributed by atoms with E-state index in [0.29, 0.717) is 15.1 Å². The van der Waals surface area contributed by atoms with E-state index in [4.69, 9.17) is 0 Å². The summed E-state index contributed by atoms with van der Waals surface area (Å²) in [6, 6.07) is 10.3. The molecule has 0 saturated heterocycles. The van der Waals surface area contributed by atoms with Gasteiger partial charge < -0.3 is 4.57 Å². The molecule has 0 N–H and O–H groups in total. The zero-order valence-corrected chi connectivity index (χ0v) is 18.3. The number of halogens is 1. The SMILES string of the molecule is CN(C1CCCC1)S(=O)(=O)c1ccc(C(=O)N=c2sc3cc(F)ccc3n2C)cc1. The van der Waals surface area contributed by atoms with Crippen LogP contribution in [0, 0.1) is 5.82 Å². The molecule has 1 amide bonds. The Hall–Kier alpha value is -2.36. The van der Waals surface area contributed by atoms with Crippen LogP contribution in [0.25, 0.3) is 10.2 Å². The van der Waals surface area contributed by atoms with Crippen LogP contribution in [0.2, 0.25) is 0 Å². The van der Waals surface area contributed by atoms with Crippen LogP contribution >= 0.6 is 11.3 Å². The maximum absolute atomic E-state index is 13.4. The number of sulfonamides is 1. The lowest BCUT2D eigenvalue weighted by molar-refractivity contribution is 0.0998. The summed E-state index contributed by atoms with van der Waals surface area (Å²) in [6.45, 7) is 0. The van der Waals surface area contributed by atoms with Crippen LogP contribution in [0.1, 0.15) is 36.0 Å². The summed E-state index contributed by atoms with van der Waals surface area (Å²) in [7, 11) is -0.222. The molecule has 3 aromatic rings. The Labute approximate surface area is 178 Å². The van der Waals surface area contributed by atoms with Crippen molar-refractivity contribution in [3.63, 3.8) is 0 Å². The Kier molecular flexibility index (Phi) is 5.61. The molecular weight excluding hydrogens is 425 g/mol. The van der Waals surface area contributed by atoms with Crippen molar-refractivity contribution in [3.05, 3.63) is 58.6 Å². The summed E-state index contributed by atoms with van der Waals surface area (Å²) in [4.78, 5) is 17.4. The number of hydrogen-bond acceptors (Lipinski definition) is 4. The van der Waals surface area contributed by atoms with Gasteiger partial charge in [0.1, 0.15) is 5.82 Å². The van der Waals surface area contributed by atoms with E-state index >= 15 is 0 Å². The molecule has 158 valence electrons. The minimum atomic E-state index is -3.60. The van der Waals surface area contributed by atoms with Gasteiger partial charge in [-0.25, -0.2) is 12.8 Å². The molecule has 30 heavy (non-hydrogen) atoms. The molecule has 0 bridgehead atoms. The van der Waals surface area contributed by atoms with E-state index in [9.17, 15) is 17.6 Å². The molecule has 1 fully saturated rings. The van der Waals surface area contributed by atoms with Gasteiger partial charge in [0.2, 0.25) is 10.0 Å². The van der Waals surface area contributed by atoms with E-state index in [1.807, 2.05) is 0 Å². The van der Waals surface area contributed by atoms with Crippen LogP contribution in [0.3, 0.4) is 0 Å². The van der Waals surface area contributed by atoms with Crippen LogP contribution in [-0.2, 0) is 17.1 Å². The zero-order valence-electron chi connectivity index (χ0n) is 16.7. The maximum atomic E-state index is 13.4.